The van der Waals surface area contributed by atoms with Crippen molar-refractivity contribution < 1.29 is 19.0 Å². The number of nitrogens with zero attached hydrogens (tertiary/aromatic N) is 3. The quantitative estimate of drug-likeness (QED) is 0.360. The van der Waals surface area contributed by atoms with Crippen LogP contribution in [0.3, 0.4) is 0 Å². The molecule has 0 saturated heterocycles. The number of alkyl halides is 2. The van der Waals surface area contributed by atoms with Crippen LogP contribution in [0, 0.1) is 12.8 Å². The van der Waals surface area contributed by atoms with Gasteiger partial charge in [0.2, 0.25) is 0 Å². The molecule has 0 aliphatic rings. The highest BCUT2D eigenvalue weighted by Gasteiger charge is 2.24. The molecule has 1 aromatic heterocycles. The first kappa shape index (κ1) is 26.0. The highest BCUT2D eigenvalue weighted by molar-refractivity contribution is 6.18. The second-order valence-electron chi connectivity index (χ2n) is 9.23. The molecule has 1 heterocycles. The van der Waals surface area contributed by atoms with Gasteiger partial charge in [-0.15, -0.1) is 16.7 Å². The average Bonchev–Trinajstić information content (AvgIpc) is 3.29. The molecule has 0 amide bonds. The second-order valence-corrected chi connectivity index (χ2v) is 9.54. The maximum Gasteiger partial charge on any atom is 0.135 e. The molecule has 0 fully saturated rings. The van der Waals surface area contributed by atoms with Crippen molar-refractivity contribution in [3.8, 4) is 11.5 Å². The predicted molar refractivity (Wildman–Crippen MR) is 131 cm³/mol. The molecular formula is C26H33ClFN3O3. The number of benzene rings is 2. The Bertz CT molecular complexity index is 1060. The summed E-state index contributed by atoms with van der Waals surface area (Å²) in [6.45, 7) is 8.68. The highest BCUT2D eigenvalue weighted by atomic mass is 35.5. The van der Waals surface area contributed by atoms with Gasteiger partial charge in [-0.05, 0) is 41.8 Å². The molecule has 6 nitrogen and oxygen atoms in total. The van der Waals surface area contributed by atoms with Gasteiger partial charge in [0.1, 0.15) is 36.6 Å². The van der Waals surface area contributed by atoms with Gasteiger partial charge in [0.05, 0.1) is 19.3 Å². The van der Waals surface area contributed by atoms with Gasteiger partial charge < -0.3 is 14.6 Å². The Morgan fingerprint density at radius 1 is 1.09 bits per heavy atom. The van der Waals surface area contributed by atoms with Crippen molar-refractivity contribution in [1.29, 1.82) is 0 Å². The van der Waals surface area contributed by atoms with E-state index in [9.17, 15) is 9.50 Å². The number of aryl methyl sites for hydroxylation is 1. The molecule has 0 saturated carbocycles. The molecule has 8 heteroatoms. The van der Waals surface area contributed by atoms with Gasteiger partial charge in [-0.25, -0.2) is 9.07 Å². The van der Waals surface area contributed by atoms with Crippen LogP contribution in [0.5, 0.6) is 11.5 Å². The topological polar surface area (TPSA) is 69.4 Å². The Morgan fingerprint density at radius 2 is 1.79 bits per heavy atom. The van der Waals surface area contributed by atoms with E-state index < -0.39 is 12.8 Å². The van der Waals surface area contributed by atoms with Crippen molar-refractivity contribution in [2.24, 2.45) is 5.92 Å². The van der Waals surface area contributed by atoms with Gasteiger partial charge in [-0.1, -0.05) is 50.3 Å². The Balaban J connectivity index is 1.59. The highest BCUT2D eigenvalue weighted by Crippen LogP contribution is 2.34. The molecule has 3 rings (SSSR count). The van der Waals surface area contributed by atoms with Crippen LogP contribution >= 0.6 is 11.6 Å². The molecule has 0 bridgehead atoms. The zero-order valence-corrected chi connectivity index (χ0v) is 20.9. The molecule has 2 aromatic carbocycles. The van der Waals surface area contributed by atoms with E-state index in [0.29, 0.717) is 24.2 Å². The van der Waals surface area contributed by atoms with E-state index in [2.05, 4.69) is 50.1 Å². The maximum absolute atomic E-state index is 12.6. The van der Waals surface area contributed by atoms with Crippen LogP contribution < -0.4 is 9.47 Å². The standard InChI is InChI=1S/C26H33ClFN3O3/c1-18(12-27)16-34-25-10-7-21(11-19(25)2)26(3,4)20-5-8-24(9-6-20)33-17-23(32)15-31-14-22(13-28)29-30-31/h5-11,14,18,23,32H,12-13,15-17H2,1-4H3/t18-,23+/m1/s1/i28-1. The second kappa shape index (κ2) is 11.7. The maximum atomic E-state index is 12.6. The summed E-state index contributed by atoms with van der Waals surface area (Å²) < 4.78 is 25.6. The molecule has 0 aliphatic carbocycles. The molecule has 0 unspecified atom stereocenters. The lowest BCUT2D eigenvalue weighted by molar-refractivity contribution is 0.0888. The summed E-state index contributed by atoms with van der Waals surface area (Å²) in [7, 11) is 0. The van der Waals surface area contributed by atoms with Crippen LogP contribution in [0.2, 0.25) is 0 Å². The number of hydrogen-bond acceptors (Lipinski definition) is 5. The fourth-order valence-corrected chi connectivity index (χ4v) is 3.65. The van der Waals surface area contributed by atoms with Gasteiger partial charge in [0.25, 0.3) is 0 Å². The Morgan fingerprint density at radius 3 is 2.41 bits per heavy atom. The number of aliphatic hydroxyl groups is 1. The fraction of sp³-hybridized carbons (Fsp3) is 0.462. The molecule has 34 heavy (non-hydrogen) atoms. The molecule has 3 aromatic rings. The first-order valence-electron chi connectivity index (χ1n) is 11.4. The molecule has 1 N–H and O–H groups in total. The van der Waals surface area contributed by atoms with Gasteiger partial charge >= 0.3 is 0 Å². The summed E-state index contributed by atoms with van der Waals surface area (Å²) in [6.07, 6.45) is 0.683. The molecule has 0 aliphatic heterocycles. The average molecular weight is 489 g/mol. The smallest absolute Gasteiger partial charge is 0.135 e. The zero-order chi connectivity index (χ0) is 24.7. The van der Waals surface area contributed by atoms with E-state index >= 15 is 0 Å². The van der Waals surface area contributed by atoms with Gasteiger partial charge in [0, 0.05) is 17.2 Å². The van der Waals surface area contributed by atoms with E-state index in [1.165, 1.54) is 16.4 Å². The summed E-state index contributed by atoms with van der Waals surface area (Å²) in [5, 5.41) is 17.6. The lowest BCUT2D eigenvalue weighted by atomic mass is 9.77. The lowest BCUT2D eigenvalue weighted by Gasteiger charge is -2.27. The van der Waals surface area contributed by atoms with E-state index in [0.717, 1.165) is 16.9 Å². The van der Waals surface area contributed by atoms with Crippen LogP contribution in [-0.2, 0) is 18.6 Å². The fourth-order valence-electron chi connectivity index (χ4n) is 3.56. The first-order valence-corrected chi connectivity index (χ1v) is 11.9. The Kier molecular flexibility index (Phi) is 8.91. The number of hydrogen-bond donors (Lipinski definition) is 1. The number of rotatable bonds is 12. The summed E-state index contributed by atoms with van der Waals surface area (Å²) >= 11 is 5.88. The monoisotopic (exact) mass is 488 g/mol. The van der Waals surface area contributed by atoms with Crippen LogP contribution in [0.25, 0.3) is 0 Å². The minimum absolute atomic E-state index is 0.0938. The third-order valence-electron chi connectivity index (χ3n) is 5.82. The van der Waals surface area contributed by atoms with Crippen molar-refractivity contribution in [2.45, 2.75) is 52.4 Å². The summed E-state index contributed by atoms with van der Waals surface area (Å²) in [6, 6.07) is 14.2. The first-order chi connectivity index (χ1) is 16.2. The predicted octanol–water partition coefficient (Wildman–Crippen LogP) is 5.08. The van der Waals surface area contributed by atoms with E-state index in [1.807, 2.05) is 30.3 Å². The third kappa shape index (κ3) is 6.70. The van der Waals surface area contributed by atoms with E-state index in [-0.39, 0.29) is 24.3 Å². The number of aromatic nitrogens is 3. The van der Waals surface area contributed by atoms with Gasteiger partial charge in [-0.3, -0.25) is 0 Å². The van der Waals surface area contributed by atoms with Crippen LogP contribution in [0.15, 0.2) is 48.7 Å². The SMILES string of the molecule is Cc1cc(C(C)(C)c2ccc(OC[C@@H](O)Cn3cc(C[18F])nn3)cc2)ccc1OC[C@H](C)CCl. The zero-order valence-electron chi connectivity index (χ0n) is 20.2. The lowest BCUT2D eigenvalue weighted by Crippen LogP contribution is -2.24. The molecule has 2 atom stereocenters. The molecular weight excluding hydrogens is 456 g/mol. The largest absolute Gasteiger partial charge is 0.493 e. The molecule has 0 spiro atoms. The van der Waals surface area contributed by atoms with Crippen LogP contribution in [-0.4, -0.2) is 45.3 Å². The van der Waals surface area contributed by atoms with E-state index in [4.69, 9.17) is 21.1 Å². The number of halogens is 2. The Labute approximate surface area is 205 Å². The van der Waals surface area contributed by atoms with Crippen molar-refractivity contribution in [3.63, 3.8) is 0 Å². The minimum Gasteiger partial charge on any atom is -0.493 e. The van der Waals surface area contributed by atoms with Crippen molar-refractivity contribution in [2.75, 3.05) is 19.1 Å². The van der Waals surface area contributed by atoms with Crippen LogP contribution in [0.1, 0.15) is 43.2 Å². The number of ether oxygens (including phenoxy) is 2. The normalized spacial score (nSPS) is 13.5. The van der Waals surface area contributed by atoms with Crippen molar-refractivity contribution in [1.82, 2.24) is 15.0 Å². The Hall–Kier alpha value is -2.64. The van der Waals surface area contributed by atoms with Crippen LogP contribution in [0.4, 0.5) is 4.39 Å². The van der Waals surface area contributed by atoms with Gasteiger partial charge in [0.15, 0.2) is 0 Å². The third-order valence-corrected chi connectivity index (χ3v) is 6.35. The minimum atomic E-state index is -0.790. The van der Waals surface area contributed by atoms with Crippen molar-refractivity contribution >= 4 is 11.6 Å². The number of aliphatic hydroxyl groups excluding tert-OH is 1. The summed E-state index contributed by atoms with van der Waals surface area (Å²) in [5.41, 5.74) is 3.45. The summed E-state index contributed by atoms with van der Waals surface area (Å²) in [5.74, 6) is 2.42. The van der Waals surface area contributed by atoms with Gasteiger partial charge in [-0.2, -0.15) is 0 Å². The van der Waals surface area contributed by atoms with E-state index in [1.54, 1.807) is 0 Å². The van der Waals surface area contributed by atoms with Crippen molar-refractivity contribution in [3.05, 3.63) is 71.0 Å². The molecule has 184 valence electrons. The summed E-state index contributed by atoms with van der Waals surface area (Å²) in [4.78, 5) is 0. The molecule has 0 radical (unpaired) electrons.